The van der Waals surface area contributed by atoms with Gasteiger partial charge in [-0.3, -0.25) is 0 Å². The number of fused-ring (bicyclic) bond motifs is 1. The van der Waals surface area contributed by atoms with Crippen LogP contribution >= 0.6 is 22.9 Å². The zero-order valence-electron chi connectivity index (χ0n) is 11.3. The second-order valence-electron chi connectivity index (χ2n) is 5.35. The van der Waals surface area contributed by atoms with Crippen LogP contribution in [0.25, 0.3) is 0 Å². The number of hydrogen-bond acceptors (Lipinski definition) is 2. The minimum Gasteiger partial charge on any atom is -0.308 e. The van der Waals surface area contributed by atoms with Gasteiger partial charge >= 0.3 is 0 Å². The molecule has 1 unspecified atom stereocenters. The summed E-state index contributed by atoms with van der Waals surface area (Å²) in [5, 5.41) is 4.52. The first-order valence-electron chi connectivity index (χ1n) is 6.68. The van der Waals surface area contributed by atoms with Gasteiger partial charge in [-0.05, 0) is 61.6 Å². The highest BCUT2D eigenvalue weighted by molar-refractivity contribution is 7.12. The van der Waals surface area contributed by atoms with Gasteiger partial charge in [0, 0.05) is 27.4 Å². The van der Waals surface area contributed by atoms with Crippen molar-refractivity contribution in [3.05, 3.63) is 55.7 Å². The van der Waals surface area contributed by atoms with Crippen LogP contribution in [-0.2, 0) is 19.4 Å². The molecule has 0 fully saturated rings. The first-order chi connectivity index (χ1) is 9.11. The fourth-order valence-electron chi connectivity index (χ4n) is 2.71. The van der Waals surface area contributed by atoms with Crippen molar-refractivity contribution in [1.29, 1.82) is 0 Å². The zero-order chi connectivity index (χ0) is 13.4. The Kier molecular flexibility index (Phi) is 3.66. The molecule has 1 aromatic heterocycles. The SMILES string of the molecule is Cc1cc(CNC2Cc3ccc(Cl)cc3C2)sc1C. The van der Waals surface area contributed by atoms with Crippen molar-refractivity contribution in [1.82, 2.24) is 5.32 Å². The first-order valence-corrected chi connectivity index (χ1v) is 7.88. The van der Waals surface area contributed by atoms with E-state index in [4.69, 9.17) is 11.6 Å². The second kappa shape index (κ2) is 5.28. The van der Waals surface area contributed by atoms with Gasteiger partial charge in [0.15, 0.2) is 0 Å². The van der Waals surface area contributed by atoms with Gasteiger partial charge in [0.05, 0.1) is 0 Å². The van der Waals surface area contributed by atoms with E-state index in [0.717, 1.165) is 24.4 Å². The van der Waals surface area contributed by atoms with Crippen LogP contribution in [0.5, 0.6) is 0 Å². The summed E-state index contributed by atoms with van der Waals surface area (Å²) in [6.07, 6.45) is 2.22. The highest BCUT2D eigenvalue weighted by Crippen LogP contribution is 2.26. The molecule has 0 amide bonds. The standard InChI is InChI=1S/C16H18ClNS/c1-10-5-16(19-11(10)2)9-18-15-7-12-3-4-14(17)6-13(12)8-15/h3-6,15,18H,7-9H2,1-2H3. The molecule has 0 saturated heterocycles. The van der Waals surface area contributed by atoms with Gasteiger partial charge in [-0.2, -0.15) is 0 Å². The highest BCUT2D eigenvalue weighted by Gasteiger charge is 2.21. The van der Waals surface area contributed by atoms with Gasteiger partial charge in [0.1, 0.15) is 0 Å². The lowest BCUT2D eigenvalue weighted by molar-refractivity contribution is 0.536. The second-order valence-corrected chi connectivity index (χ2v) is 7.13. The summed E-state index contributed by atoms with van der Waals surface area (Å²) in [6, 6.07) is 9.12. The predicted molar refractivity (Wildman–Crippen MR) is 83.3 cm³/mol. The van der Waals surface area contributed by atoms with Crippen LogP contribution in [0, 0.1) is 13.8 Å². The van der Waals surface area contributed by atoms with Crippen LogP contribution in [0.1, 0.15) is 26.4 Å². The van der Waals surface area contributed by atoms with Crippen LogP contribution < -0.4 is 5.32 Å². The molecule has 1 atom stereocenters. The summed E-state index contributed by atoms with van der Waals surface area (Å²) in [5.41, 5.74) is 4.26. The van der Waals surface area contributed by atoms with Crippen LogP contribution in [0.15, 0.2) is 24.3 Å². The lowest BCUT2D eigenvalue weighted by atomic mass is 10.1. The van der Waals surface area contributed by atoms with Crippen molar-refractivity contribution < 1.29 is 0 Å². The van der Waals surface area contributed by atoms with E-state index in [1.807, 2.05) is 17.4 Å². The van der Waals surface area contributed by atoms with Gasteiger partial charge in [0.25, 0.3) is 0 Å². The van der Waals surface area contributed by atoms with E-state index >= 15 is 0 Å². The number of aryl methyl sites for hydroxylation is 2. The number of nitrogens with one attached hydrogen (secondary N) is 1. The van der Waals surface area contributed by atoms with Crippen molar-refractivity contribution in [3.63, 3.8) is 0 Å². The molecule has 1 N–H and O–H groups in total. The molecular weight excluding hydrogens is 274 g/mol. The molecule has 100 valence electrons. The summed E-state index contributed by atoms with van der Waals surface area (Å²) in [4.78, 5) is 2.86. The Hall–Kier alpha value is -0.830. The third-order valence-corrected chi connectivity index (χ3v) is 5.27. The molecule has 1 aliphatic carbocycles. The van der Waals surface area contributed by atoms with E-state index in [1.165, 1.54) is 26.4 Å². The largest absolute Gasteiger partial charge is 0.308 e. The molecule has 1 nitrogen and oxygen atoms in total. The number of rotatable bonds is 3. The maximum Gasteiger partial charge on any atom is 0.0408 e. The summed E-state index contributed by atoms with van der Waals surface area (Å²) in [6.45, 7) is 5.35. The van der Waals surface area contributed by atoms with Crippen molar-refractivity contribution >= 4 is 22.9 Å². The van der Waals surface area contributed by atoms with E-state index in [1.54, 1.807) is 0 Å². The van der Waals surface area contributed by atoms with Crippen molar-refractivity contribution in [2.45, 2.75) is 39.3 Å². The van der Waals surface area contributed by atoms with E-state index in [0.29, 0.717) is 6.04 Å². The average molecular weight is 292 g/mol. The Morgan fingerprint density at radius 3 is 2.74 bits per heavy atom. The molecule has 0 spiro atoms. The first kappa shape index (κ1) is 13.2. The van der Waals surface area contributed by atoms with Crippen molar-refractivity contribution in [3.8, 4) is 0 Å². The maximum absolute atomic E-state index is 6.05. The molecule has 0 bridgehead atoms. The third kappa shape index (κ3) is 2.86. The summed E-state index contributed by atoms with van der Waals surface area (Å²) >= 11 is 7.95. The predicted octanol–water partition coefficient (Wildman–Crippen LogP) is 4.28. The van der Waals surface area contributed by atoms with Gasteiger partial charge in [-0.25, -0.2) is 0 Å². The third-order valence-electron chi connectivity index (χ3n) is 3.88. The molecule has 1 aromatic carbocycles. The Balaban J connectivity index is 1.61. The molecule has 3 heteroatoms. The monoisotopic (exact) mass is 291 g/mol. The van der Waals surface area contributed by atoms with E-state index in [2.05, 4.69) is 37.4 Å². The quantitative estimate of drug-likeness (QED) is 0.890. The van der Waals surface area contributed by atoms with Crippen molar-refractivity contribution in [2.75, 3.05) is 0 Å². The number of thiophene rings is 1. The Bertz CT molecular complexity index is 583. The Morgan fingerprint density at radius 1 is 1.21 bits per heavy atom. The number of halogens is 1. The van der Waals surface area contributed by atoms with Gasteiger partial charge in [-0.1, -0.05) is 17.7 Å². The van der Waals surface area contributed by atoms with E-state index in [9.17, 15) is 0 Å². The lowest BCUT2D eigenvalue weighted by Crippen LogP contribution is -2.28. The fourth-order valence-corrected chi connectivity index (χ4v) is 3.91. The molecule has 0 radical (unpaired) electrons. The summed E-state index contributed by atoms with van der Waals surface area (Å²) < 4.78 is 0. The number of benzene rings is 1. The summed E-state index contributed by atoms with van der Waals surface area (Å²) in [7, 11) is 0. The molecule has 3 rings (SSSR count). The van der Waals surface area contributed by atoms with E-state index in [-0.39, 0.29) is 0 Å². The molecule has 1 heterocycles. The molecule has 19 heavy (non-hydrogen) atoms. The summed E-state index contributed by atoms with van der Waals surface area (Å²) in [5.74, 6) is 0. The van der Waals surface area contributed by atoms with Crippen LogP contribution in [0.3, 0.4) is 0 Å². The smallest absolute Gasteiger partial charge is 0.0408 e. The normalized spacial score (nSPS) is 17.7. The average Bonchev–Trinajstić information content (AvgIpc) is 2.90. The van der Waals surface area contributed by atoms with Gasteiger partial charge < -0.3 is 5.32 Å². The minimum absolute atomic E-state index is 0.552. The zero-order valence-corrected chi connectivity index (χ0v) is 12.9. The molecule has 0 saturated carbocycles. The molecule has 0 aliphatic heterocycles. The van der Waals surface area contributed by atoms with Gasteiger partial charge in [0.2, 0.25) is 0 Å². The Labute approximate surface area is 123 Å². The lowest BCUT2D eigenvalue weighted by Gasteiger charge is -2.10. The molecule has 1 aliphatic rings. The molecular formula is C16H18ClNS. The van der Waals surface area contributed by atoms with Gasteiger partial charge in [-0.15, -0.1) is 11.3 Å². The number of hydrogen-bond donors (Lipinski definition) is 1. The Morgan fingerprint density at radius 2 is 2.00 bits per heavy atom. The van der Waals surface area contributed by atoms with Crippen LogP contribution in [0.4, 0.5) is 0 Å². The molecule has 2 aromatic rings. The maximum atomic E-state index is 6.05. The highest BCUT2D eigenvalue weighted by atomic mass is 35.5. The topological polar surface area (TPSA) is 12.0 Å². The minimum atomic E-state index is 0.552. The van der Waals surface area contributed by atoms with E-state index < -0.39 is 0 Å². The van der Waals surface area contributed by atoms with Crippen LogP contribution in [-0.4, -0.2) is 6.04 Å². The fraction of sp³-hybridized carbons (Fsp3) is 0.375. The van der Waals surface area contributed by atoms with Crippen LogP contribution in [0.2, 0.25) is 5.02 Å². The van der Waals surface area contributed by atoms with Crippen molar-refractivity contribution in [2.24, 2.45) is 0 Å².